The van der Waals surface area contributed by atoms with Gasteiger partial charge in [-0.2, -0.15) is 0 Å². The predicted octanol–water partition coefficient (Wildman–Crippen LogP) is 3.58. The van der Waals surface area contributed by atoms with Gasteiger partial charge in [0.25, 0.3) is 0 Å². The number of aryl methyl sites for hydroxylation is 1. The quantitative estimate of drug-likeness (QED) is 0.841. The van der Waals surface area contributed by atoms with Crippen molar-refractivity contribution in [2.45, 2.75) is 72.1 Å². The van der Waals surface area contributed by atoms with Crippen LogP contribution in [0.4, 0.5) is 10.5 Å². The number of carbonyl (C=O) groups is 1. The molecular weight excluding hydrogens is 305 g/mol. The average Bonchev–Trinajstić information content (AvgIpc) is 2.58. The van der Waals surface area contributed by atoms with Gasteiger partial charge in [0.1, 0.15) is 0 Å². The van der Waals surface area contributed by atoms with Gasteiger partial charge >= 0.3 is 13.2 Å². The molecule has 0 unspecified atom stereocenters. The molecule has 0 saturated carbocycles. The molecule has 0 atom stereocenters. The summed E-state index contributed by atoms with van der Waals surface area (Å²) in [7, 11) is -0.448. The average molecular weight is 333 g/mol. The van der Waals surface area contributed by atoms with E-state index < -0.39 is 30.0 Å². The lowest BCUT2D eigenvalue weighted by molar-refractivity contribution is 0.00578. The molecule has 0 aliphatic carbocycles. The Labute approximate surface area is 145 Å². The summed E-state index contributed by atoms with van der Waals surface area (Å²) in [6.45, 7) is 15.6. The lowest BCUT2D eigenvalue weighted by Crippen LogP contribution is -2.46. The molecule has 1 N–H and O–H groups in total. The van der Waals surface area contributed by atoms with E-state index in [1.54, 1.807) is 0 Å². The van der Waals surface area contributed by atoms with Crippen molar-refractivity contribution < 1.29 is 19.2 Å². The number of anilines is 1. The molecule has 132 valence electrons. The van der Waals surface area contributed by atoms with Crippen LogP contribution >= 0.6 is 0 Å². The molecule has 0 bridgehead atoms. The van der Waals surface area contributed by atoms with Crippen LogP contribution < -0.4 is 10.4 Å². The van der Waals surface area contributed by atoms with Gasteiger partial charge in [-0.15, -0.1) is 0 Å². The van der Waals surface area contributed by atoms with Crippen LogP contribution in [0.2, 0.25) is 0 Å². The zero-order chi connectivity index (χ0) is 18.5. The minimum absolute atomic E-state index is 0.400. The second kappa shape index (κ2) is 5.78. The van der Waals surface area contributed by atoms with Gasteiger partial charge in [-0.05, 0) is 72.5 Å². The molecule has 1 aliphatic rings. The predicted molar refractivity (Wildman–Crippen MR) is 97.2 cm³/mol. The van der Waals surface area contributed by atoms with Gasteiger partial charge in [0.2, 0.25) is 0 Å². The summed E-state index contributed by atoms with van der Waals surface area (Å²) in [5.74, 6) is 0. The maximum atomic E-state index is 11.7. The maximum absolute atomic E-state index is 11.7. The van der Waals surface area contributed by atoms with Crippen molar-refractivity contribution in [3.8, 4) is 0 Å². The van der Waals surface area contributed by atoms with Crippen molar-refractivity contribution >= 4 is 24.4 Å². The molecule has 24 heavy (non-hydrogen) atoms. The van der Waals surface area contributed by atoms with Crippen LogP contribution in [-0.2, 0) is 9.31 Å². The van der Waals surface area contributed by atoms with E-state index in [0.29, 0.717) is 5.69 Å². The topological polar surface area (TPSA) is 59.0 Å². The first-order valence-electron chi connectivity index (χ1n) is 8.25. The smallest absolute Gasteiger partial charge is 0.465 e. The van der Waals surface area contributed by atoms with Gasteiger partial charge in [0, 0.05) is 5.54 Å². The van der Waals surface area contributed by atoms with Crippen LogP contribution in [0.25, 0.3) is 0 Å². The van der Waals surface area contributed by atoms with E-state index in [9.17, 15) is 9.90 Å². The summed E-state index contributed by atoms with van der Waals surface area (Å²) in [5, 5.41) is 9.58. The lowest BCUT2D eigenvalue weighted by Gasteiger charge is -2.34. The highest BCUT2D eigenvalue weighted by molar-refractivity contribution is 6.62. The highest BCUT2D eigenvalue weighted by atomic mass is 16.7. The minimum atomic E-state index is -0.964. The number of hydrogen-bond donors (Lipinski definition) is 1. The normalized spacial score (nSPS) is 19.4. The molecule has 2 rings (SSSR count). The van der Waals surface area contributed by atoms with E-state index in [1.165, 1.54) is 4.90 Å². The number of amides is 1. The summed E-state index contributed by atoms with van der Waals surface area (Å²) in [4.78, 5) is 13.1. The zero-order valence-electron chi connectivity index (χ0n) is 15.9. The fourth-order valence-electron chi connectivity index (χ4n) is 2.81. The first kappa shape index (κ1) is 18.8. The van der Waals surface area contributed by atoms with Crippen molar-refractivity contribution in [1.29, 1.82) is 0 Å². The highest BCUT2D eigenvalue weighted by Gasteiger charge is 2.51. The Morgan fingerprint density at radius 1 is 1.12 bits per heavy atom. The third kappa shape index (κ3) is 3.30. The van der Waals surface area contributed by atoms with Gasteiger partial charge in [-0.3, -0.25) is 4.90 Å². The van der Waals surface area contributed by atoms with Crippen molar-refractivity contribution in [2.24, 2.45) is 0 Å². The van der Waals surface area contributed by atoms with E-state index >= 15 is 0 Å². The molecule has 1 saturated heterocycles. The third-order valence-corrected chi connectivity index (χ3v) is 4.85. The van der Waals surface area contributed by atoms with Crippen molar-refractivity contribution in [3.05, 3.63) is 23.8 Å². The Balaban J connectivity index is 2.36. The van der Waals surface area contributed by atoms with E-state index in [-0.39, 0.29) is 0 Å². The third-order valence-electron chi connectivity index (χ3n) is 4.85. The highest BCUT2D eigenvalue weighted by Crippen LogP contribution is 2.37. The van der Waals surface area contributed by atoms with Crippen LogP contribution in [-0.4, -0.2) is 35.1 Å². The Morgan fingerprint density at radius 2 is 1.62 bits per heavy atom. The second-order valence-corrected chi connectivity index (χ2v) is 8.42. The molecule has 0 aromatic heterocycles. The van der Waals surface area contributed by atoms with E-state index in [4.69, 9.17) is 9.31 Å². The van der Waals surface area contributed by atoms with Crippen molar-refractivity contribution in [2.75, 3.05) is 4.90 Å². The van der Waals surface area contributed by atoms with E-state index in [1.807, 2.05) is 73.6 Å². The largest absolute Gasteiger partial charge is 0.494 e. The number of nitrogens with zero attached hydrogens (tertiary/aromatic N) is 1. The molecule has 1 aromatic carbocycles. The Hall–Kier alpha value is -1.53. The van der Waals surface area contributed by atoms with Gasteiger partial charge in [0.15, 0.2) is 0 Å². The van der Waals surface area contributed by atoms with Gasteiger partial charge in [0.05, 0.1) is 16.9 Å². The molecule has 1 aliphatic heterocycles. The molecular formula is C18H28BNO4. The van der Waals surface area contributed by atoms with E-state index in [0.717, 1.165) is 11.0 Å². The van der Waals surface area contributed by atoms with Gasteiger partial charge < -0.3 is 14.4 Å². The standard InChI is InChI=1S/C18H28BNO4/c1-12-11-13(19-23-17(5,6)18(7,8)24-19)9-10-14(12)20(15(21)22)16(2,3)4/h9-11H,1-8H3,(H,21,22). The fourth-order valence-corrected chi connectivity index (χ4v) is 2.81. The van der Waals surface area contributed by atoms with Crippen LogP contribution in [0.15, 0.2) is 18.2 Å². The first-order valence-corrected chi connectivity index (χ1v) is 8.25. The minimum Gasteiger partial charge on any atom is -0.465 e. The zero-order valence-corrected chi connectivity index (χ0v) is 15.9. The summed E-state index contributed by atoms with van der Waals surface area (Å²) < 4.78 is 12.1. The summed E-state index contributed by atoms with van der Waals surface area (Å²) in [6, 6.07) is 5.65. The Morgan fingerprint density at radius 3 is 2.00 bits per heavy atom. The molecule has 1 aromatic rings. The summed E-state index contributed by atoms with van der Waals surface area (Å²) in [5.41, 5.74) is 1.12. The molecule has 0 radical (unpaired) electrons. The maximum Gasteiger partial charge on any atom is 0.494 e. The number of hydrogen-bond acceptors (Lipinski definition) is 3. The Bertz CT molecular complexity index is 633. The number of benzene rings is 1. The van der Waals surface area contributed by atoms with Gasteiger partial charge in [-0.25, -0.2) is 4.79 Å². The van der Waals surface area contributed by atoms with Crippen molar-refractivity contribution in [1.82, 2.24) is 0 Å². The number of rotatable bonds is 2. The molecule has 6 heteroatoms. The lowest BCUT2D eigenvalue weighted by atomic mass is 9.78. The fraction of sp³-hybridized carbons (Fsp3) is 0.611. The molecule has 5 nitrogen and oxygen atoms in total. The second-order valence-electron chi connectivity index (χ2n) is 8.42. The summed E-state index contributed by atoms with van der Waals surface area (Å²) >= 11 is 0. The van der Waals surface area contributed by atoms with Crippen LogP contribution in [0.1, 0.15) is 54.0 Å². The monoisotopic (exact) mass is 333 g/mol. The molecule has 1 amide bonds. The molecule has 0 spiro atoms. The van der Waals surface area contributed by atoms with E-state index in [2.05, 4.69) is 0 Å². The first-order chi connectivity index (χ1) is 10.8. The van der Waals surface area contributed by atoms with Crippen LogP contribution in [0.5, 0.6) is 0 Å². The Kier molecular flexibility index (Phi) is 4.53. The van der Waals surface area contributed by atoms with Gasteiger partial charge in [-0.1, -0.05) is 12.1 Å². The van der Waals surface area contributed by atoms with Crippen LogP contribution in [0.3, 0.4) is 0 Å². The summed E-state index contributed by atoms with van der Waals surface area (Å²) in [6.07, 6.45) is -0.964. The van der Waals surface area contributed by atoms with Crippen molar-refractivity contribution in [3.63, 3.8) is 0 Å². The SMILES string of the molecule is Cc1cc(B2OC(C)(C)C(C)(C)O2)ccc1N(C(=O)O)C(C)(C)C. The molecule has 1 heterocycles. The molecule has 1 fully saturated rings. The van der Waals surface area contributed by atoms with Crippen LogP contribution in [0, 0.1) is 6.92 Å². The number of carboxylic acid groups (broad SMARTS) is 1.